The number of hydrogen-bond donors (Lipinski definition) is 0. The smallest absolute Gasteiger partial charge is 0.127 e. The average Bonchev–Trinajstić information content (AvgIpc) is 3.18. The lowest BCUT2D eigenvalue weighted by atomic mass is 9.95. The molecule has 0 aliphatic heterocycles. The van der Waals surface area contributed by atoms with Gasteiger partial charge in [0, 0.05) is 17.7 Å². The third-order valence-corrected chi connectivity index (χ3v) is 5.31. The van der Waals surface area contributed by atoms with Gasteiger partial charge in [0.25, 0.3) is 0 Å². The van der Waals surface area contributed by atoms with E-state index >= 15 is 0 Å². The van der Waals surface area contributed by atoms with Crippen LogP contribution in [-0.4, -0.2) is 39.3 Å². The summed E-state index contributed by atoms with van der Waals surface area (Å²) in [4.78, 5) is 2.12. The van der Waals surface area contributed by atoms with Gasteiger partial charge >= 0.3 is 0 Å². The molecule has 3 nitrogen and oxygen atoms in total. The maximum absolute atomic E-state index is 6.16. The predicted octanol–water partition coefficient (Wildman–Crippen LogP) is 5.40. The molecule has 0 fully saturated rings. The number of para-hydroxylation sites is 1. The van der Waals surface area contributed by atoms with Gasteiger partial charge in [0.1, 0.15) is 18.1 Å². The summed E-state index contributed by atoms with van der Waals surface area (Å²) in [5.74, 6) is 1.76. The first-order chi connectivity index (χ1) is 14.2. The molecule has 148 valence electrons. The van der Waals surface area contributed by atoms with Crippen LogP contribution in [0.1, 0.15) is 16.7 Å². The molecular weight excluding hydrogens is 358 g/mol. The molecule has 0 N–H and O–H groups in total. The van der Waals surface area contributed by atoms with Gasteiger partial charge in [0.2, 0.25) is 0 Å². The standard InChI is InChI=1S/C26H27NO2/c1-27(2)15-16-29-24-12-8-7-11-22(24)26-23-18-21(19-9-5-4-6-10-19)17-20(23)13-14-25(26)28-3/h4-14,18H,15-17H2,1-3H3. The van der Waals surface area contributed by atoms with Gasteiger partial charge in [-0.25, -0.2) is 0 Å². The van der Waals surface area contributed by atoms with Crippen molar-refractivity contribution in [3.05, 3.63) is 83.4 Å². The number of methoxy groups -OCH3 is 1. The van der Waals surface area contributed by atoms with Gasteiger partial charge in [-0.05, 0) is 61.0 Å². The van der Waals surface area contributed by atoms with Gasteiger partial charge < -0.3 is 14.4 Å². The van der Waals surface area contributed by atoms with Crippen LogP contribution >= 0.6 is 0 Å². The maximum atomic E-state index is 6.16. The Morgan fingerprint density at radius 2 is 1.62 bits per heavy atom. The number of hydrogen-bond acceptors (Lipinski definition) is 3. The van der Waals surface area contributed by atoms with E-state index in [2.05, 4.69) is 79.7 Å². The van der Waals surface area contributed by atoms with E-state index in [4.69, 9.17) is 9.47 Å². The number of fused-ring (bicyclic) bond motifs is 1. The summed E-state index contributed by atoms with van der Waals surface area (Å²) in [6.45, 7) is 1.52. The van der Waals surface area contributed by atoms with Crippen LogP contribution in [0.15, 0.2) is 66.7 Å². The van der Waals surface area contributed by atoms with E-state index in [0.29, 0.717) is 6.61 Å². The highest BCUT2D eigenvalue weighted by atomic mass is 16.5. The average molecular weight is 386 g/mol. The molecule has 0 heterocycles. The summed E-state index contributed by atoms with van der Waals surface area (Å²) >= 11 is 0. The molecule has 0 saturated heterocycles. The molecule has 0 unspecified atom stereocenters. The molecule has 1 aliphatic rings. The molecule has 0 saturated carbocycles. The summed E-state index contributed by atoms with van der Waals surface area (Å²) in [7, 11) is 5.84. The Labute approximate surface area is 173 Å². The molecule has 0 amide bonds. The predicted molar refractivity (Wildman–Crippen MR) is 120 cm³/mol. The summed E-state index contributed by atoms with van der Waals surface area (Å²) in [5.41, 5.74) is 7.33. The van der Waals surface area contributed by atoms with Crippen molar-refractivity contribution in [3.63, 3.8) is 0 Å². The lowest BCUT2D eigenvalue weighted by Gasteiger charge is -2.18. The zero-order chi connectivity index (χ0) is 20.2. The number of likely N-dealkylation sites (N-methyl/N-ethyl adjacent to an activating group) is 1. The summed E-state index contributed by atoms with van der Waals surface area (Å²) < 4.78 is 11.9. The minimum atomic E-state index is 0.645. The van der Waals surface area contributed by atoms with Gasteiger partial charge in [-0.1, -0.05) is 54.6 Å². The summed E-state index contributed by atoms with van der Waals surface area (Å²) in [5, 5.41) is 0. The quantitative estimate of drug-likeness (QED) is 0.544. The van der Waals surface area contributed by atoms with Gasteiger partial charge in [-0.3, -0.25) is 0 Å². The first-order valence-corrected chi connectivity index (χ1v) is 10.00. The Hall–Kier alpha value is -3.04. The Balaban J connectivity index is 1.78. The third-order valence-electron chi connectivity index (χ3n) is 5.31. The highest BCUT2D eigenvalue weighted by Crippen LogP contribution is 2.45. The number of allylic oxidation sites excluding steroid dienone is 1. The van der Waals surface area contributed by atoms with Crippen LogP contribution in [0, 0.1) is 0 Å². The van der Waals surface area contributed by atoms with Crippen LogP contribution in [0.3, 0.4) is 0 Å². The van der Waals surface area contributed by atoms with Crippen LogP contribution in [0.5, 0.6) is 11.5 Å². The Morgan fingerprint density at radius 3 is 2.38 bits per heavy atom. The van der Waals surface area contributed by atoms with Crippen molar-refractivity contribution in [2.75, 3.05) is 34.4 Å². The second-order valence-corrected chi connectivity index (χ2v) is 7.58. The molecule has 1 aliphatic carbocycles. The van der Waals surface area contributed by atoms with E-state index in [1.807, 2.05) is 12.1 Å². The number of nitrogens with zero attached hydrogens (tertiary/aromatic N) is 1. The van der Waals surface area contributed by atoms with E-state index < -0.39 is 0 Å². The normalized spacial score (nSPS) is 12.6. The first-order valence-electron chi connectivity index (χ1n) is 10.00. The van der Waals surface area contributed by atoms with Crippen LogP contribution < -0.4 is 9.47 Å². The maximum Gasteiger partial charge on any atom is 0.127 e. The Morgan fingerprint density at radius 1 is 0.862 bits per heavy atom. The summed E-state index contributed by atoms with van der Waals surface area (Å²) in [6.07, 6.45) is 3.24. The second-order valence-electron chi connectivity index (χ2n) is 7.58. The highest BCUT2D eigenvalue weighted by Gasteiger charge is 2.23. The minimum Gasteiger partial charge on any atom is -0.496 e. The van der Waals surface area contributed by atoms with Crippen LogP contribution in [-0.2, 0) is 6.42 Å². The first kappa shape index (κ1) is 19.3. The van der Waals surface area contributed by atoms with E-state index in [-0.39, 0.29) is 0 Å². The van der Waals surface area contributed by atoms with Crippen LogP contribution in [0.4, 0.5) is 0 Å². The van der Waals surface area contributed by atoms with Crippen molar-refractivity contribution in [2.45, 2.75) is 6.42 Å². The molecule has 0 spiro atoms. The molecule has 0 bridgehead atoms. The summed E-state index contributed by atoms with van der Waals surface area (Å²) in [6, 6.07) is 23.1. The van der Waals surface area contributed by atoms with Crippen LogP contribution in [0.2, 0.25) is 0 Å². The van der Waals surface area contributed by atoms with Gasteiger partial charge in [0.15, 0.2) is 0 Å². The molecule has 3 heteroatoms. The van der Waals surface area contributed by atoms with Gasteiger partial charge in [0.05, 0.1) is 7.11 Å². The van der Waals surface area contributed by atoms with Crippen molar-refractivity contribution in [1.82, 2.24) is 4.90 Å². The zero-order valence-corrected chi connectivity index (χ0v) is 17.3. The fourth-order valence-corrected chi connectivity index (χ4v) is 3.81. The SMILES string of the molecule is COc1ccc2c(c1-c1ccccc1OCCN(C)C)C=C(c1ccccc1)C2. The molecule has 4 rings (SSSR count). The van der Waals surface area contributed by atoms with E-state index in [9.17, 15) is 0 Å². The number of rotatable bonds is 7. The van der Waals surface area contributed by atoms with Crippen molar-refractivity contribution >= 4 is 11.6 Å². The molecule has 3 aromatic carbocycles. The monoisotopic (exact) mass is 385 g/mol. The van der Waals surface area contributed by atoms with Crippen LogP contribution in [0.25, 0.3) is 22.8 Å². The lowest BCUT2D eigenvalue weighted by Crippen LogP contribution is -2.19. The van der Waals surface area contributed by atoms with Gasteiger partial charge in [-0.15, -0.1) is 0 Å². The molecule has 3 aromatic rings. The van der Waals surface area contributed by atoms with Crippen molar-refractivity contribution in [3.8, 4) is 22.6 Å². The van der Waals surface area contributed by atoms with Gasteiger partial charge in [-0.2, -0.15) is 0 Å². The molecule has 0 atom stereocenters. The topological polar surface area (TPSA) is 21.7 Å². The van der Waals surface area contributed by atoms with Crippen molar-refractivity contribution in [1.29, 1.82) is 0 Å². The molecule has 0 aromatic heterocycles. The Bertz CT molecular complexity index is 1020. The van der Waals surface area contributed by atoms with Crippen molar-refractivity contribution < 1.29 is 9.47 Å². The van der Waals surface area contributed by atoms with E-state index in [1.165, 1.54) is 22.3 Å². The highest BCUT2D eigenvalue weighted by molar-refractivity contribution is 5.96. The number of ether oxygens (including phenoxy) is 2. The largest absolute Gasteiger partial charge is 0.496 e. The number of benzene rings is 3. The van der Waals surface area contributed by atoms with E-state index in [1.54, 1.807) is 7.11 Å². The Kier molecular flexibility index (Phi) is 5.68. The molecule has 29 heavy (non-hydrogen) atoms. The fourth-order valence-electron chi connectivity index (χ4n) is 3.81. The molecular formula is C26H27NO2. The van der Waals surface area contributed by atoms with E-state index in [0.717, 1.165) is 35.6 Å². The fraction of sp³-hybridized carbons (Fsp3) is 0.231. The molecule has 0 radical (unpaired) electrons. The lowest BCUT2D eigenvalue weighted by molar-refractivity contribution is 0.262. The third kappa shape index (κ3) is 4.06. The van der Waals surface area contributed by atoms with Crippen molar-refractivity contribution in [2.24, 2.45) is 0 Å². The minimum absolute atomic E-state index is 0.645. The zero-order valence-electron chi connectivity index (χ0n) is 17.3. The second kappa shape index (κ2) is 8.54.